The highest BCUT2D eigenvalue weighted by Crippen LogP contribution is 2.36. The summed E-state index contributed by atoms with van der Waals surface area (Å²) in [6.07, 6.45) is 0. The first-order valence-electron chi connectivity index (χ1n) is 10.9. The molecule has 0 aliphatic heterocycles. The van der Waals surface area contributed by atoms with E-state index in [2.05, 4.69) is 52.0 Å². The predicted molar refractivity (Wildman–Crippen MR) is 125 cm³/mol. The molecule has 0 bridgehead atoms. The molecule has 5 nitrogen and oxygen atoms in total. The van der Waals surface area contributed by atoms with E-state index >= 15 is 0 Å². The van der Waals surface area contributed by atoms with Crippen LogP contribution in [0, 0.1) is 11.8 Å². The smallest absolute Gasteiger partial charge is 0.160 e. The lowest BCUT2D eigenvalue weighted by atomic mass is 9.88. The van der Waals surface area contributed by atoms with Gasteiger partial charge in [0.15, 0.2) is 23.0 Å². The van der Waals surface area contributed by atoms with Gasteiger partial charge in [0.25, 0.3) is 0 Å². The van der Waals surface area contributed by atoms with Crippen LogP contribution in [0.25, 0.3) is 0 Å². The van der Waals surface area contributed by atoms with Gasteiger partial charge in [-0.2, -0.15) is 0 Å². The summed E-state index contributed by atoms with van der Waals surface area (Å²) in [6.45, 7) is 10.2. The molecule has 0 aliphatic rings. The van der Waals surface area contributed by atoms with Gasteiger partial charge in [-0.05, 0) is 47.2 Å². The van der Waals surface area contributed by atoms with Crippen molar-refractivity contribution in [3.63, 3.8) is 0 Å². The van der Waals surface area contributed by atoms with Crippen molar-refractivity contribution < 1.29 is 23.7 Å². The predicted octanol–water partition coefficient (Wildman–Crippen LogP) is 5.92. The van der Waals surface area contributed by atoms with E-state index in [0.29, 0.717) is 25.0 Å². The Kier molecular flexibility index (Phi) is 9.50. The van der Waals surface area contributed by atoms with E-state index in [0.717, 1.165) is 23.0 Å². The Labute approximate surface area is 187 Å². The molecule has 0 fully saturated rings. The summed E-state index contributed by atoms with van der Waals surface area (Å²) in [7, 11) is 6.64. The third-order valence-corrected chi connectivity index (χ3v) is 5.88. The Morgan fingerprint density at radius 1 is 0.548 bits per heavy atom. The molecule has 0 radical (unpaired) electrons. The van der Waals surface area contributed by atoms with E-state index in [9.17, 15) is 0 Å². The van der Waals surface area contributed by atoms with Crippen LogP contribution >= 0.6 is 0 Å². The van der Waals surface area contributed by atoms with Gasteiger partial charge >= 0.3 is 0 Å². The molecule has 0 aliphatic carbocycles. The van der Waals surface area contributed by atoms with Gasteiger partial charge in [0, 0.05) is 11.8 Å². The Morgan fingerprint density at radius 3 is 1.19 bits per heavy atom. The normalized spacial score (nSPS) is 13.2. The summed E-state index contributed by atoms with van der Waals surface area (Å²) in [5, 5.41) is 0. The van der Waals surface area contributed by atoms with Gasteiger partial charge < -0.3 is 23.7 Å². The second-order valence-electron chi connectivity index (χ2n) is 8.47. The van der Waals surface area contributed by atoms with Crippen LogP contribution in [0.2, 0.25) is 0 Å². The van der Waals surface area contributed by atoms with Crippen LogP contribution in [-0.4, -0.2) is 41.7 Å². The van der Waals surface area contributed by atoms with Crippen LogP contribution in [0.1, 0.15) is 50.7 Å². The number of rotatable bonds is 12. The largest absolute Gasteiger partial charge is 0.493 e. The maximum atomic E-state index is 6.31. The molecule has 2 aromatic carbocycles. The standard InChI is InChI=1S/C26H38O5/c1-17(2)21(19-9-11-23(27-5)25(13-19)29-7)15-31-16-22(18(3)4)20-10-12-24(28-6)26(14-20)30-8/h9-14,17-18,21-22H,15-16H2,1-8H3. The zero-order valence-corrected chi connectivity index (χ0v) is 20.2. The molecule has 0 amide bonds. The van der Waals surface area contributed by atoms with E-state index in [-0.39, 0.29) is 11.8 Å². The summed E-state index contributed by atoms with van der Waals surface area (Å²) in [6, 6.07) is 12.2. The zero-order chi connectivity index (χ0) is 23.0. The molecule has 172 valence electrons. The second kappa shape index (κ2) is 11.8. The molecule has 2 unspecified atom stereocenters. The fourth-order valence-corrected chi connectivity index (χ4v) is 3.84. The first-order chi connectivity index (χ1) is 14.9. The highest BCUT2D eigenvalue weighted by molar-refractivity contribution is 5.45. The van der Waals surface area contributed by atoms with Crippen molar-refractivity contribution in [1.29, 1.82) is 0 Å². The molecule has 2 aromatic rings. The van der Waals surface area contributed by atoms with Crippen LogP contribution in [0.3, 0.4) is 0 Å². The summed E-state index contributed by atoms with van der Waals surface area (Å²) in [4.78, 5) is 0. The molecule has 0 saturated heterocycles. The van der Waals surface area contributed by atoms with Crippen molar-refractivity contribution in [2.24, 2.45) is 11.8 Å². The third-order valence-electron chi connectivity index (χ3n) is 5.88. The maximum absolute atomic E-state index is 6.31. The average Bonchev–Trinajstić information content (AvgIpc) is 2.77. The SMILES string of the molecule is COc1ccc(C(COCC(c2ccc(OC)c(OC)c2)C(C)C)C(C)C)cc1OC. The number of hydrogen-bond donors (Lipinski definition) is 0. The molecule has 0 heterocycles. The van der Waals surface area contributed by atoms with E-state index in [1.807, 2.05) is 12.1 Å². The minimum atomic E-state index is 0.262. The summed E-state index contributed by atoms with van der Waals surface area (Å²) in [5.41, 5.74) is 2.39. The number of benzene rings is 2. The lowest BCUT2D eigenvalue weighted by Crippen LogP contribution is -2.19. The van der Waals surface area contributed by atoms with Crippen molar-refractivity contribution in [2.75, 3.05) is 41.7 Å². The molecule has 31 heavy (non-hydrogen) atoms. The molecule has 2 atom stereocenters. The van der Waals surface area contributed by atoms with Crippen LogP contribution in [0.5, 0.6) is 23.0 Å². The summed E-state index contributed by atoms with van der Waals surface area (Å²) in [5.74, 6) is 4.35. The number of ether oxygens (including phenoxy) is 5. The molecule has 0 N–H and O–H groups in total. The van der Waals surface area contributed by atoms with Gasteiger partial charge in [-0.3, -0.25) is 0 Å². The fourth-order valence-electron chi connectivity index (χ4n) is 3.84. The molecular weight excluding hydrogens is 392 g/mol. The van der Waals surface area contributed by atoms with Gasteiger partial charge in [0.2, 0.25) is 0 Å². The van der Waals surface area contributed by atoms with Gasteiger partial charge in [-0.1, -0.05) is 39.8 Å². The van der Waals surface area contributed by atoms with Gasteiger partial charge in [0.05, 0.1) is 41.7 Å². The molecule has 2 rings (SSSR count). The van der Waals surface area contributed by atoms with Crippen molar-refractivity contribution in [1.82, 2.24) is 0 Å². The van der Waals surface area contributed by atoms with Gasteiger partial charge in [-0.25, -0.2) is 0 Å². The quantitative estimate of drug-likeness (QED) is 0.418. The Balaban J connectivity index is 2.15. The number of methoxy groups -OCH3 is 4. The highest BCUT2D eigenvalue weighted by Gasteiger charge is 2.22. The molecular formula is C26H38O5. The first kappa shape index (κ1) is 24.9. The molecule has 0 spiro atoms. The minimum Gasteiger partial charge on any atom is -0.493 e. The Morgan fingerprint density at radius 2 is 0.903 bits per heavy atom. The topological polar surface area (TPSA) is 46.2 Å². The summed E-state index contributed by atoms with van der Waals surface area (Å²) >= 11 is 0. The van der Waals surface area contributed by atoms with Crippen LogP contribution < -0.4 is 18.9 Å². The second-order valence-corrected chi connectivity index (χ2v) is 8.47. The van der Waals surface area contributed by atoms with E-state index in [1.165, 1.54) is 11.1 Å². The van der Waals surface area contributed by atoms with E-state index in [4.69, 9.17) is 23.7 Å². The Hall–Kier alpha value is -2.40. The van der Waals surface area contributed by atoms with Crippen LogP contribution in [-0.2, 0) is 4.74 Å². The highest BCUT2D eigenvalue weighted by atomic mass is 16.5. The molecule has 0 saturated carbocycles. The molecule has 5 heteroatoms. The van der Waals surface area contributed by atoms with Crippen LogP contribution in [0.4, 0.5) is 0 Å². The lowest BCUT2D eigenvalue weighted by molar-refractivity contribution is 0.0866. The number of hydrogen-bond acceptors (Lipinski definition) is 5. The van der Waals surface area contributed by atoms with Crippen molar-refractivity contribution in [2.45, 2.75) is 39.5 Å². The van der Waals surface area contributed by atoms with Crippen molar-refractivity contribution >= 4 is 0 Å². The van der Waals surface area contributed by atoms with E-state index in [1.54, 1.807) is 28.4 Å². The van der Waals surface area contributed by atoms with Gasteiger partial charge in [-0.15, -0.1) is 0 Å². The average molecular weight is 431 g/mol. The summed E-state index contributed by atoms with van der Waals surface area (Å²) < 4.78 is 28.0. The maximum Gasteiger partial charge on any atom is 0.160 e. The first-order valence-corrected chi connectivity index (χ1v) is 10.9. The Bertz CT molecular complexity index is 748. The van der Waals surface area contributed by atoms with E-state index < -0.39 is 0 Å². The zero-order valence-electron chi connectivity index (χ0n) is 20.2. The van der Waals surface area contributed by atoms with Gasteiger partial charge in [0.1, 0.15) is 0 Å². The van der Waals surface area contributed by atoms with Crippen molar-refractivity contribution in [3.05, 3.63) is 47.5 Å². The monoisotopic (exact) mass is 430 g/mol. The van der Waals surface area contributed by atoms with Crippen molar-refractivity contribution in [3.8, 4) is 23.0 Å². The van der Waals surface area contributed by atoms with Crippen LogP contribution in [0.15, 0.2) is 36.4 Å². The minimum absolute atomic E-state index is 0.262. The fraction of sp³-hybridized carbons (Fsp3) is 0.538. The lowest BCUT2D eigenvalue weighted by Gasteiger charge is -2.26. The third kappa shape index (κ3) is 6.30. The molecule has 0 aromatic heterocycles.